The molecule has 1 amide bonds. The Hall–Kier alpha value is -1.39. The molecule has 1 aromatic rings. The maximum Gasteiger partial charge on any atom is 0.246 e. The first-order chi connectivity index (χ1) is 10.2. The van der Waals surface area contributed by atoms with Crippen molar-refractivity contribution >= 4 is 41.5 Å². The molecular weight excluding hydrogens is 402 g/mol. The van der Waals surface area contributed by atoms with E-state index in [1.54, 1.807) is 22.8 Å². The lowest BCUT2D eigenvalue weighted by Crippen LogP contribution is -2.55. The number of hydrogen-bond donors (Lipinski definition) is 1. The fraction of sp³-hybridized carbons (Fsp3) is 0.615. The Morgan fingerprint density at radius 2 is 2.27 bits per heavy atom. The Labute approximate surface area is 146 Å². The van der Waals surface area contributed by atoms with Gasteiger partial charge in [-0.1, -0.05) is 0 Å². The van der Waals surface area contributed by atoms with Crippen molar-refractivity contribution in [2.24, 2.45) is 12.0 Å². The number of aliphatic imine (C=N–C) groups is 1. The monoisotopic (exact) mass is 424 g/mol. The van der Waals surface area contributed by atoms with Crippen molar-refractivity contribution in [2.45, 2.75) is 6.42 Å². The largest absolute Gasteiger partial charge is 0.356 e. The topological polar surface area (TPSA) is 65.8 Å². The molecule has 0 spiro atoms. The predicted molar refractivity (Wildman–Crippen MR) is 94.5 cm³/mol. The minimum absolute atomic E-state index is 0. The Bertz CT molecular complexity index is 520. The van der Waals surface area contributed by atoms with Gasteiger partial charge in [-0.15, -0.1) is 24.0 Å². The summed E-state index contributed by atoms with van der Waals surface area (Å²) in [7, 11) is 3.48. The molecule has 1 N–H and O–H groups in total. The summed E-state index contributed by atoms with van der Waals surface area (Å²) >= 11 is 0. The number of carbonyl (C=O) groups excluding carboxylic acids is 1. The molecule has 0 atom stereocenters. The van der Waals surface area contributed by atoms with E-state index in [1.165, 1.54) is 0 Å². The van der Waals surface area contributed by atoms with E-state index in [4.69, 9.17) is 0 Å². The van der Waals surface area contributed by atoms with Crippen LogP contribution in [0.2, 0.25) is 0 Å². The van der Waals surface area contributed by atoms with Crippen molar-refractivity contribution in [3.8, 4) is 0 Å². The zero-order chi connectivity index (χ0) is 15.2. The standard InChI is InChI=1S/C13H21FN6O.HI/c1-15-13(16-5-3-4-14)19-6-7-20(12(21)10-19)11-8-17-18(2)9-11;/h8-9H,3-7,10H2,1-2H3,(H,15,16);1H. The maximum atomic E-state index is 12.3. The van der Waals surface area contributed by atoms with Gasteiger partial charge in [0, 0.05) is 39.9 Å². The molecule has 0 aliphatic carbocycles. The SMILES string of the molecule is CN=C(NCCCF)N1CCN(c2cnn(C)c2)C(=O)C1.I. The van der Waals surface area contributed by atoms with Crippen LogP contribution in [0.15, 0.2) is 17.4 Å². The smallest absolute Gasteiger partial charge is 0.246 e. The molecule has 22 heavy (non-hydrogen) atoms. The summed E-state index contributed by atoms with van der Waals surface area (Å²) in [5.74, 6) is 0.644. The van der Waals surface area contributed by atoms with Crippen LogP contribution in [-0.2, 0) is 11.8 Å². The van der Waals surface area contributed by atoms with Gasteiger partial charge in [0.25, 0.3) is 0 Å². The van der Waals surface area contributed by atoms with Gasteiger partial charge in [0.1, 0.15) is 6.54 Å². The van der Waals surface area contributed by atoms with Crippen molar-refractivity contribution in [3.05, 3.63) is 12.4 Å². The first kappa shape index (κ1) is 18.7. The molecule has 1 aliphatic heterocycles. The molecule has 1 aliphatic rings. The van der Waals surface area contributed by atoms with E-state index in [2.05, 4.69) is 15.4 Å². The molecule has 1 saturated heterocycles. The van der Waals surface area contributed by atoms with E-state index in [0.29, 0.717) is 32.0 Å². The number of carbonyl (C=O) groups is 1. The summed E-state index contributed by atoms with van der Waals surface area (Å²) in [6.45, 7) is 1.66. The molecule has 2 heterocycles. The zero-order valence-electron chi connectivity index (χ0n) is 12.8. The molecule has 0 aromatic carbocycles. The average molecular weight is 424 g/mol. The van der Waals surface area contributed by atoms with E-state index < -0.39 is 0 Å². The lowest BCUT2D eigenvalue weighted by atomic mass is 10.3. The number of alkyl halides is 1. The third-order valence-electron chi connectivity index (χ3n) is 3.33. The Morgan fingerprint density at radius 1 is 1.50 bits per heavy atom. The van der Waals surface area contributed by atoms with Crippen molar-refractivity contribution in [2.75, 3.05) is 44.8 Å². The van der Waals surface area contributed by atoms with Gasteiger partial charge < -0.3 is 15.1 Å². The van der Waals surface area contributed by atoms with E-state index in [9.17, 15) is 9.18 Å². The molecule has 2 rings (SSSR count). The van der Waals surface area contributed by atoms with Gasteiger partial charge in [-0.3, -0.25) is 18.9 Å². The van der Waals surface area contributed by atoms with E-state index in [-0.39, 0.29) is 43.1 Å². The number of guanidine groups is 1. The van der Waals surface area contributed by atoms with Crippen LogP contribution in [0.5, 0.6) is 0 Å². The van der Waals surface area contributed by atoms with Crippen LogP contribution in [0.1, 0.15) is 6.42 Å². The van der Waals surface area contributed by atoms with Crippen LogP contribution in [0.4, 0.5) is 10.1 Å². The summed E-state index contributed by atoms with van der Waals surface area (Å²) in [4.78, 5) is 20.0. The lowest BCUT2D eigenvalue weighted by molar-refractivity contribution is -0.120. The number of aryl methyl sites for hydroxylation is 1. The highest BCUT2D eigenvalue weighted by Crippen LogP contribution is 2.15. The molecule has 0 saturated carbocycles. The van der Waals surface area contributed by atoms with Crippen molar-refractivity contribution in [1.29, 1.82) is 0 Å². The quantitative estimate of drug-likeness (QED) is 0.333. The first-order valence-electron chi connectivity index (χ1n) is 6.96. The summed E-state index contributed by atoms with van der Waals surface area (Å²) in [5, 5.41) is 7.15. The molecule has 7 nitrogen and oxygen atoms in total. The molecule has 1 fully saturated rings. The van der Waals surface area contributed by atoms with Crippen LogP contribution < -0.4 is 10.2 Å². The van der Waals surface area contributed by atoms with E-state index >= 15 is 0 Å². The maximum absolute atomic E-state index is 12.3. The molecule has 0 bridgehead atoms. The van der Waals surface area contributed by atoms with Gasteiger partial charge in [0.15, 0.2) is 5.96 Å². The Balaban J connectivity index is 0.00000242. The molecule has 1 aromatic heterocycles. The van der Waals surface area contributed by atoms with Crippen LogP contribution in [0.3, 0.4) is 0 Å². The number of nitrogens with zero attached hydrogens (tertiary/aromatic N) is 5. The van der Waals surface area contributed by atoms with Gasteiger partial charge in [0.2, 0.25) is 5.91 Å². The van der Waals surface area contributed by atoms with Gasteiger partial charge in [-0.05, 0) is 6.42 Å². The van der Waals surface area contributed by atoms with Crippen molar-refractivity contribution < 1.29 is 9.18 Å². The van der Waals surface area contributed by atoms with Gasteiger partial charge in [-0.2, -0.15) is 5.10 Å². The highest BCUT2D eigenvalue weighted by molar-refractivity contribution is 14.0. The third-order valence-corrected chi connectivity index (χ3v) is 3.33. The number of nitrogens with one attached hydrogen (secondary N) is 1. The number of anilines is 1. The number of aromatic nitrogens is 2. The van der Waals surface area contributed by atoms with Crippen LogP contribution in [0.25, 0.3) is 0 Å². The van der Waals surface area contributed by atoms with Crippen molar-refractivity contribution in [3.63, 3.8) is 0 Å². The van der Waals surface area contributed by atoms with Crippen LogP contribution in [-0.4, -0.2) is 66.4 Å². The summed E-state index contributed by atoms with van der Waals surface area (Å²) < 4.78 is 13.8. The summed E-state index contributed by atoms with van der Waals surface area (Å²) in [6.07, 6.45) is 3.94. The highest BCUT2D eigenvalue weighted by Gasteiger charge is 2.27. The first-order valence-corrected chi connectivity index (χ1v) is 6.96. The second-order valence-electron chi connectivity index (χ2n) is 4.86. The Morgan fingerprint density at radius 3 is 2.82 bits per heavy atom. The van der Waals surface area contributed by atoms with Crippen LogP contribution >= 0.6 is 24.0 Å². The number of halogens is 2. The minimum atomic E-state index is -0.363. The van der Waals surface area contributed by atoms with Crippen LogP contribution in [0, 0.1) is 0 Å². The number of piperazine rings is 1. The van der Waals surface area contributed by atoms with Gasteiger partial charge in [-0.25, -0.2) is 0 Å². The molecule has 9 heteroatoms. The lowest BCUT2D eigenvalue weighted by Gasteiger charge is -2.35. The van der Waals surface area contributed by atoms with Gasteiger partial charge in [0.05, 0.1) is 18.6 Å². The molecule has 0 unspecified atom stereocenters. The van der Waals surface area contributed by atoms with Crippen molar-refractivity contribution in [1.82, 2.24) is 20.0 Å². The summed E-state index contributed by atoms with van der Waals surface area (Å²) in [5.41, 5.74) is 0.808. The predicted octanol–water partition coefficient (Wildman–Crippen LogP) is 0.622. The molecular formula is C13H22FIN6O. The third kappa shape index (κ3) is 4.55. The minimum Gasteiger partial charge on any atom is -0.356 e. The molecule has 0 radical (unpaired) electrons. The summed E-state index contributed by atoms with van der Waals surface area (Å²) in [6, 6.07) is 0. The normalized spacial score (nSPS) is 15.8. The number of rotatable bonds is 4. The molecule has 124 valence electrons. The fourth-order valence-electron chi connectivity index (χ4n) is 2.27. The second kappa shape index (κ2) is 8.91. The average Bonchev–Trinajstić information content (AvgIpc) is 2.90. The number of hydrogen-bond acceptors (Lipinski definition) is 3. The van der Waals surface area contributed by atoms with Gasteiger partial charge >= 0.3 is 0 Å². The van der Waals surface area contributed by atoms with E-state index in [0.717, 1.165) is 5.69 Å². The fourth-order valence-corrected chi connectivity index (χ4v) is 2.27. The highest BCUT2D eigenvalue weighted by atomic mass is 127. The zero-order valence-corrected chi connectivity index (χ0v) is 15.2. The number of amides is 1. The Kier molecular flexibility index (Phi) is 7.56. The second-order valence-corrected chi connectivity index (χ2v) is 4.86. The van der Waals surface area contributed by atoms with E-state index in [1.807, 2.05) is 18.1 Å².